The van der Waals surface area contributed by atoms with Gasteiger partial charge in [-0.2, -0.15) is 0 Å². The SMILES string of the molecule is CNc1ccc(Oc2ccc(Nc3nc4ccccc4nc3NSc3ccccc3)cc2)cc1. The molecule has 0 atom stereocenters. The summed E-state index contributed by atoms with van der Waals surface area (Å²) in [6.07, 6.45) is 0. The number of anilines is 4. The zero-order chi connectivity index (χ0) is 23.2. The van der Waals surface area contributed by atoms with Gasteiger partial charge in [-0.25, -0.2) is 9.97 Å². The zero-order valence-electron chi connectivity index (χ0n) is 18.5. The average Bonchev–Trinajstić information content (AvgIpc) is 2.89. The molecule has 5 aromatic rings. The third-order valence-corrected chi connectivity index (χ3v) is 5.88. The number of ether oxygens (including phenoxy) is 1. The van der Waals surface area contributed by atoms with Crippen molar-refractivity contribution in [3.8, 4) is 11.5 Å². The van der Waals surface area contributed by atoms with E-state index in [-0.39, 0.29) is 0 Å². The minimum Gasteiger partial charge on any atom is -0.457 e. The van der Waals surface area contributed by atoms with Crippen molar-refractivity contribution in [1.82, 2.24) is 9.97 Å². The van der Waals surface area contributed by atoms with E-state index in [9.17, 15) is 0 Å². The molecule has 0 saturated carbocycles. The zero-order valence-corrected chi connectivity index (χ0v) is 19.3. The first-order valence-corrected chi connectivity index (χ1v) is 11.7. The number of nitrogens with zero attached hydrogens (tertiary/aromatic N) is 2. The van der Waals surface area contributed by atoms with Gasteiger partial charge in [0.25, 0.3) is 0 Å². The van der Waals surface area contributed by atoms with Crippen molar-refractivity contribution in [2.45, 2.75) is 4.90 Å². The van der Waals surface area contributed by atoms with Gasteiger partial charge in [0, 0.05) is 23.3 Å². The summed E-state index contributed by atoms with van der Waals surface area (Å²) in [5, 5.41) is 6.49. The fourth-order valence-electron chi connectivity index (χ4n) is 3.32. The van der Waals surface area contributed by atoms with Gasteiger partial charge in [0.1, 0.15) is 11.5 Å². The molecular weight excluding hydrogens is 442 g/mol. The lowest BCUT2D eigenvalue weighted by Gasteiger charge is -2.13. The third-order valence-electron chi connectivity index (χ3n) is 5.08. The largest absolute Gasteiger partial charge is 0.457 e. The van der Waals surface area contributed by atoms with E-state index in [1.807, 2.05) is 110 Å². The van der Waals surface area contributed by atoms with Gasteiger partial charge < -0.3 is 20.1 Å². The molecule has 4 aromatic carbocycles. The van der Waals surface area contributed by atoms with Crippen LogP contribution in [0.5, 0.6) is 11.5 Å². The molecule has 5 rings (SSSR count). The maximum atomic E-state index is 5.95. The summed E-state index contributed by atoms with van der Waals surface area (Å²) in [4.78, 5) is 10.7. The predicted molar refractivity (Wildman–Crippen MR) is 141 cm³/mol. The first kappa shape index (κ1) is 21.6. The molecule has 0 aliphatic carbocycles. The minimum atomic E-state index is 0.651. The molecule has 0 fully saturated rings. The Kier molecular flexibility index (Phi) is 6.45. The van der Waals surface area contributed by atoms with Crippen LogP contribution in [0, 0.1) is 0 Å². The normalized spacial score (nSPS) is 10.6. The Hall–Kier alpha value is -4.23. The summed E-state index contributed by atoms with van der Waals surface area (Å²) in [7, 11) is 1.89. The molecule has 0 aliphatic heterocycles. The van der Waals surface area contributed by atoms with Gasteiger partial charge in [-0.1, -0.05) is 30.3 Å². The fourth-order valence-corrected chi connectivity index (χ4v) is 3.97. The standard InChI is InChI=1S/C27H23N5OS/c1-28-19-11-15-21(16-12-19)33-22-17-13-20(14-18-22)29-26-27(32-34-23-7-3-2-4-8-23)31-25-10-6-5-9-24(25)30-26/h2-18,28H,1H3,(H,29,30)(H,31,32). The monoisotopic (exact) mass is 465 g/mol. The van der Waals surface area contributed by atoms with Crippen LogP contribution in [0.2, 0.25) is 0 Å². The number of aromatic nitrogens is 2. The van der Waals surface area contributed by atoms with Crippen molar-refractivity contribution >= 4 is 46.0 Å². The number of fused-ring (bicyclic) bond motifs is 1. The molecule has 3 N–H and O–H groups in total. The van der Waals surface area contributed by atoms with E-state index in [0.717, 1.165) is 38.8 Å². The molecule has 0 bridgehead atoms. The first-order chi connectivity index (χ1) is 16.8. The van der Waals surface area contributed by atoms with E-state index in [0.29, 0.717) is 11.6 Å². The van der Waals surface area contributed by atoms with E-state index in [1.54, 1.807) is 0 Å². The van der Waals surface area contributed by atoms with E-state index in [2.05, 4.69) is 15.4 Å². The van der Waals surface area contributed by atoms with E-state index in [4.69, 9.17) is 14.7 Å². The number of nitrogens with one attached hydrogen (secondary N) is 3. The van der Waals surface area contributed by atoms with Gasteiger partial charge in [-0.05, 0) is 84.7 Å². The summed E-state index contributed by atoms with van der Waals surface area (Å²) in [5.74, 6) is 2.85. The highest BCUT2D eigenvalue weighted by Crippen LogP contribution is 2.30. The second-order valence-corrected chi connectivity index (χ2v) is 8.33. The Morgan fingerprint density at radius 1 is 0.618 bits per heavy atom. The molecule has 34 heavy (non-hydrogen) atoms. The first-order valence-electron chi connectivity index (χ1n) is 10.8. The van der Waals surface area contributed by atoms with Crippen molar-refractivity contribution in [2.75, 3.05) is 22.4 Å². The summed E-state index contributed by atoms with van der Waals surface area (Å²) in [6, 6.07) is 33.5. The number of benzene rings is 4. The van der Waals surface area contributed by atoms with Gasteiger partial charge in [0.2, 0.25) is 0 Å². The van der Waals surface area contributed by atoms with Crippen LogP contribution in [-0.2, 0) is 0 Å². The molecule has 7 heteroatoms. The Morgan fingerprint density at radius 3 is 1.79 bits per heavy atom. The topological polar surface area (TPSA) is 71.1 Å². The molecular formula is C27H23N5OS. The van der Waals surface area contributed by atoms with Crippen molar-refractivity contribution in [3.63, 3.8) is 0 Å². The predicted octanol–water partition coefficient (Wildman–Crippen LogP) is 7.33. The molecule has 0 unspecified atom stereocenters. The lowest BCUT2D eigenvalue weighted by molar-refractivity contribution is 0.483. The van der Waals surface area contributed by atoms with Crippen LogP contribution in [0.4, 0.5) is 23.0 Å². The van der Waals surface area contributed by atoms with Crippen molar-refractivity contribution in [1.29, 1.82) is 0 Å². The quantitative estimate of drug-likeness (QED) is 0.207. The lowest BCUT2D eigenvalue weighted by atomic mass is 10.2. The third kappa shape index (κ3) is 5.22. The van der Waals surface area contributed by atoms with Gasteiger partial charge in [-0.15, -0.1) is 0 Å². The van der Waals surface area contributed by atoms with Crippen LogP contribution in [0.3, 0.4) is 0 Å². The maximum Gasteiger partial charge on any atom is 0.180 e. The lowest BCUT2D eigenvalue weighted by Crippen LogP contribution is -2.02. The number of hydrogen-bond donors (Lipinski definition) is 3. The van der Waals surface area contributed by atoms with E-state index < -0.39 is 0 Å². The van der Waals surface area contributed by atoms with Crippen LogP contribution in [-0.4, -0.2) is 17.0 Å². The van der Waals surface area contributed by atoms with E-state index >= 15 is 0 Å². The van der Waals surface area contributed by atoms with Crippen molar-refractivity contribution in [2.24, 2.45) is 0 Å². The number of hydrogen-bond acceptors (Lipinski definition) is 7. The summed E-state index contributed by atoms with van der Waals surface area (Å²) >= 11 is 1.50. The smallest absolute Gasteiger partial charge is 0.180 e. The van der Waals surface area contributed by atoms with Gasteiger partial charge in [0.05, 0.1) is 11.0 Å². The Balaban J connectivity index is 1.35. The molecule has 1 aromatic heterocycles. The van der Waals surface area contributed by atoms with E-state index in [1.165, 1.54) is 11.9 Å². The molecule has 1 heterocycles. The molecule has 0 radical (unpaired) electrons. The van der Waals surface area contributed by atoms with Crippen molar-refractivity contribution < 1.29 is 4.74 Å². The highest BCUT2D eigenvalue weighted by molar-refractivity contribution is 8.00. The molecule has 0 spiro atoms. The Labute approximate surface area is 202 Å². The minimum absolute atomic E-state index is 0.651. The maximum absolute atomic E-state index is 5.95. The van der Waals surface area contributed by atoms with Crippen LogP contribution in [0.15, 0.2) is 108 Å². The van der Waals surface area contributed by atoms with Crippen molar-refractivity contribution in [3.05, 3.63) is 103 Å². The van der Waals surface area contributed by atoms with Gasteiger partial charge in [-0.3, -0.25) is 0 Å². The Morgan fingerprint density at radius 2 is 1.18 bits per heavy atom. The number of para-hydroxylation sites is 2. The molecule has 6 nitrogen and oxygen atoms in total. The van der Waals surface area contributed by atoms with Crippen LogP contribution in [0.1, 0.15) is 0 Å². The fraction of sp³-hybridized carbons (Fsp3) is 0.0370. The highest BCUT2D eigenvalue weighted by Gasteiger charge is 2.10. The second-order valence-electron chi connectivity index (χ2n) is 7.45. The van der Waals surface area contributed by atoms with Crippen LogP contribution >= 0.6 is 11.9 Å². The molecule has 0 amide bonds. The highest BCUT2D eigenvalue weighted by atomic mass is 32.2. The van der Waals surface area contributed by atoms with Gasteiger partial charge >= 0.3 is 0 Å². The summed E-state index contributed by atoms with van der Waals surface area (Å²) in [5.41, 5.74) is 3.58. The van der Waals surface area contributed by atoms with Crippen LogP contribution in [0.25, 0.3) is 11.0 Å². The van der Waals surface area contributed by atoms with Crippen LogP contribution < -0.4 is 20.1 Å². The molecule has 0 aliphatic rings. The molecule has 0 saturated heterocycles. The van der Waals surface area contributed by atoms with Gasteiger partial charge in [0.15, 0.2) is 11.6 Å². The summed E-state index contributed by atoms with van der Waals surface area (Å²) in [6.45, 7) is 0. The molecule has 168 valence electrons. The number of rotatable bonds is 8. The Bertz CT molecular complexity index is 1380. The average molecular weight is 466 g/mol. The summed E-state index contributed by atoms with van der Waals surface area (Å²) < 4.78 is 9.30. The second kappa shape index (κ2) is 10.1.